The van der Waals surface area contributed by atoms with E-state index in [2.05, 4.69) is 47.4 Å². The zero-order valence-corrected chi connectivity index (χ0v) is 18.7. The molecule has 3 rings (SSSR count). The second-order valence-electron chi connectivity index (χ2n) is 6.82. The van der Waals surface area contributed by atoms with E-state index in [0.29, 0.717) is 12.5 Å². The van der Waals surface area contributed by atoms with Crippen LogP contribution in [-0.2, 0) is 20.6 Å². The van der Waals surface area contributed by atoms with Crippen molar-refractivity contribution in [3.63, 3.8) is 0 Å². The van der Waals surface area contributed by atoms with E-state index < -0.39 is 0 Å². The molecule has 2 aromatic rings. The fraction of sp³-hybridized carbons (Fsp3) is 0.611. The number of likely N-dealkylation sites (tertiary alicyclic amines) is 1. The summed E-state index contributed by atoms with van der Waals surface area (Å²) in [5.74, 6) is 1.52. The second-order valence-corrected chi connectivity index (χ2v) is 6.82. The van der Waals surface area contributed by atoms with Gasteiger partial charge < -0.3 is 10.2 Å². The molecular weight excluding hydrogens is 441 g/mol. The van der Waals surface area contributed by atoms with Gasteiger partial charge in [-0.3, -0.25) is 9.36 Å². The minimum atomic E-state index is 0. The molecule has 1 aliphatic rings. The number of nitrogens with one attached hydrogen (secondary N) is 1. The first-order valence-electron chi connectivity index (χ1n) is 9.00. The van der Waals surface area contributed by atoms with Crippen LogP contribution in [0.4, 0.5) is 0 Å². The molecule has 1 saturated heterocycles. The molecule has 1 aliphatic heterocycles. The number of hydrogen-bond donors (Lipinski definition) is 1. The van der Waals surface area contributed by atoms with Crippen molar-refractivity contribution in [2.45, 2.75) is 39.7 Å². The summed E-state index contributed by atoms with van der Waals surface area (Å²) in [7, 11) is 3.96. The number of aromatic nitrogens is 4. The smallest absolute Gasteiger partial charge is 0.194 e. The van der Waals surface area contributed by atoms with Crippen molar-refractivity contribution in [2.75, 3.05) is 19.6 Å². The normalized spacial score (nSPS) is 17.5. The van der Waals surface area contributed by atoms with E-state index in [1.165, 1.54) is 16.8 Å². The zero-order valence-electron chi connectivity index (χ0n) is 16.4. The molecule has 1 N–H and O–H groups in total. The van der Waals surface area contributed by atoms with Crippen molar-refractivity contribution in [1.82, 2.24) is 29.8 Å². The van der Waals surface area contributed by atoms with Crippen LogP contribution in [-0.4, -0.2) is 50.1 Å². The van der Waals surface area contributed by atoms with Gasteiger partial charge in [-0.2, -0.15) is 10.2 Å². The highest BCUT2D eigenvalue weighted by molar-refractivity contribution is 14.0. The topological polar surface area (TPSA) is 63.3 Å². The predicted molar refractivity (Wildman–Crippen MR) is 115 cm³/mol. The average Bonchev–Trinajstić information content (AvgIpc) is 3.27. The highest BCUT2D eigenvalue weighted by atomic mass is 127. The average molecular weight is 471 g/mol. The number of rotatable bonds is 4. The van der Waals surface area contributed by atoms with E-state index in [4.69, 9.17) is 4.99 Å². The Labute approximate surface area is 172 Å². The monoisotopic (exact) mass is 471 g/mol. The van der Waals surface area contributed by atoms with E-state index in [1.54, 1.807) is 0 Å². The van der Waals surface area contributed by atoms with Gasteiger partial charge in [0.05, 0.1) is 18.4 Å². The van der Waals surface area contributed by atoms with Gasteiger partial charge in [-0.1, -0.05) is 0 Å². The van der Waals surface area contributed by atoms with Crippen molar-refractivity contribution in [3.05, 3.63) is 34.9 Å². The third kappa shape index (κ3) is 4.39. The van der Waals surface area contributed by atoms with Gasteiger partial charge in [-0.25, -0.2) is 4.99 Å². The third-order valence-electron chi connectivity index (χ3n) is 5.06. The lowest BCUT2D eigenvalue weighted by atomic mass is 10.0. The van der Waals surface area contributed by atoms with Gasteiger partial charge in [0, 0.05) is 57.1 Å². The lowest BCUT2D eigenvalue weighted by Gasteiger charge is -2.21. The van der Waals surface area contributed by atoms with Crippen molar-refractivity contribution < 1.29 is 0 Å². The van der Waals surface area contributed by atoms with Crippen LogP contribution in [0.15, 0.2) is 17.4 Å². The fourth-order valence-electron chi connectivity index (χ4n) is 3.50. The van der Waals surface area contributed by atoms with Crippen molar-refractivity contribution in [1.29, 1.82) is 0 Å². The third-order valence-corrected chi connectivity index (χ3v) is 5.06. The number of aliphatic imine (C=N–C) groups is 1. The van der Waals surface area contributed by atoms with Crippen LogP contribution in [0, 0.1) is 13.8 Å². The van der Waals surface area contributed by atoms with Crippen LogP contribution < -0.4 is 5.32 Å². The van der Waals surface area contributed by atoms with Crippen LogP contribution in [0.5, 0.6) is 0 Å². The minimum Gasteiger partial charge on any atom is -0.357 e. The Balaban J connectivity index is 0.00000243. The number of hydrogen-bond acceptors (Lipinski definition) is 3. The molecule has 2 aromatic heterocycles. The van der Waals surface area contributed by atoms with Gasteiger partial charge in [-0.05, 0) is 32.8 Å². The maximum absolute atomic E-state index is 4.89. The second kappa shape index (κ2) is 8.88. The number of nitrogens with zero attached hydrogens (tertiary/aromatic N) is 6. The molecule has 1 fully saturated rings. The summed E-state index contributed by atoms with van der Waals surface area (Å²) in [6.07, 6.45) is 5.25. The Morgan fingerprint density at radius 2 is 2.12 bits per heavy atom. The lowest BCUT2D eigenvalue weighted by Crippen LogP contribution is -2.40. The number of guanidine groups is 1. The van der Waals surface area contributed by atoms with Gasteiger partial charge in [0.15, 0.2) is 5.96 Å². The first-order valence-corrected chi connectivity index (χ1v) is 9.00. The Morgan fingerprint density at radius 1 is 1.35 bits per heavy atom. The molecule has 0 spiro atoms. The molecule has 0 aromatic carbocycles. The molecule has 0 bridgehead atoms. The molecule has 1 atom stereocenters. The largest absolute Gasteiger partial charge is 0.357 e. The number of aryl methyl sites for hydroxylation is 3. The molecule has 0 aliphatic carbocycles. The first kappa shape index (κ1) is 20.7. The van der Waals surface area contributed by atoms with Crippen LogP contribution in [0.25, 0.3) is 0 Å². The summed E-state index contributed by atoms with van der Waals surface area (Å²) in [6.45, 7) is 9.83. The van der Waals surface area contributed by atoms with Crippen molar-refractivity contribution in [2.24, 2.45) is 19.1 Å². The Hall–Kier alpha value is -1.58. The van der Waals surface area contributed by atoms with Crippen LogP contribution in [0.3, 0.4) is 0 Å². The van der Waals surface area contributed by atoms with Gasteiger partial charge in [0.25, 0.3) is 0 Å². The summed E-state index contributed by atoms with van der Waals surface area (Å²) in [4.78, 5) is 7.25. The highest BCUT2D eigenvalue weighted by Gasteiger charge is 2.27. The summed E-state index contributed by atoms with van der Waals surface area (Å²) in [6, 6.07) is 0. The molecular formula is C18H30IN7. The van der Waals surface area contributed by atoms with E-state index in [1.807, 2.05) is 29.7 Å². The highest BCUT2D eigenvalue weighted by Crippen LogP contribution is 2.26. The zero-order chi connectivity index (χ0) is 18.0. The molecule has 8 heteroatoms. The molecule has 3 heterocycles. The summed E-state index contributed by atoms with van der Waals surface area (Å²) in [5.41, 5.74) is 4.79. The van der Waals surface area contributed by atoms with Gasteiger partial charge in [-0.15, -0.1) is 24.0 Å². The summed E-state index contributed by atoms with van der Waals surface area (Å²) < 4.78 is 3.81. The molecule has 7 nitrogen and oxygen atoms in total. The summed E-state index contributed by atoms with van der Waals surface area (Å²) in [5, 5.41) is 12.2. The Bertz CT molecular complexity index is 762. The van der Waals surface area contributed by atoms with E-state index in [0.717, 1.165) is 37.7 Å². The van der Waals surface area contributed by atoms with Crippen molar-refractivity contribution in [3.8, 4) is 0 Å². The van der Waals surface area contributed by atoms with Gasteiger partial charge >= 0.3 is 0 Å². The lowest BCUT2D eigenvalue weighted by molar-refractivity contribution is 0.486. The Morgan fingerprint density at radius 3 is 2.69 bits per heavy atom. The molecule has 0 amide bonds. The molecule has 144 valence electrons. The SMILES string of the molecule is CCNC(=NCc1c(C)nn(C)c1C)N1CCC(c2cnn(C)c2)C1.I. The standard InChI is InChI=1S/C18H29N7.HI/c1-6-19-18(20-10-17-13(2)22-24(5)14(17)3)25-8-7-15(12-25)16-9-21-23(4)11-16;/h9,11,15H,6-8,10,12H2,1-5H3,(H,19,20);1H. The molecule has 0 saturated carbocycles. The van der Waals surface area contributed by atoms with Crippen molar-refractivity contribution >= 4 is 29.9 Å². The molecule has 1 unspecified atom stereocenters. The minimum absolute atomic E-state index is 0. The first-order chi connectivity index (χ1) is 12.0. The van der Waals surface area contributed by atoms with Crippen LogP contribution in [0.2, 0.25) is 0 Å². The fourth-order valence-corrected chi connectivity index (χ4v) is 3.50. The van der Waals surface area contributed by atoms with E-state index >= 15 is 0 Å². The molecule has 0 radical (unpaired) electrons. The van der Waals surface area contributed by atoms with E-state index in [-0.39, 0.29) is 24.0 Å². The quantitative estimate of drug-likeness (QED) is 0.423. The predicted octanol–water partition coefficient (Wildman–Crippen LogP) is 2.34. The van der Waals surface area contributed by atoms with Gasteiger partial charge in [0.1, 0.15) is 0 Å². The number of halogens is 1. The maximum atomic E-state index is 4.89. The van der Waals surface area contributed by atoms with Gasteiger partial charge in [0.2, 0.25) is 0 Å². The van der Waals surface area contributed by atoms with Crippen LogP contribution >= 0.6 is 24.0 Å². The summed E-state index contributed by atoms with van der Waals surface area (Å²) >= 11 is 0. The molecule has 26 heavy (non-hydrogen) atoms. The maximum Gasteiger partial charge on any atom is 0.194 e. The van der Waals surface area contributed by atoms with E-state index in [9.17, 15) is 0 Å². The van der Waals surface area contributed by atoms with Crippen LogP contribution in [0.1, 0.15) is 41.8 Å². The Kier molecular flexibility index (Phi) is 7.08.